The van der Waals surface area contributed by atoms with Crippen LogP contribution < -0.4 is 10.2 Å². The predicted molar refractivity (Wildman–Crippen MR) is 90.5 cm³/mol. The Kier molecular flexibility index (Phi) is 5.02. The van der Waals surface area contributed by atoms with Gasteiger partial charge in [0.2, 0.25) is 0 Å². The van der Waals surface area contributed by atoms with Gasteiger partial charge >= 0.3 is 0 Å². The molecule has 1 amide bonds. The molecule has 24 heavy (non-hydrogen) atoms. The van der Waals surface area contributed by atoms with E-state index in [1.54, 1.807) is 18.3 Å². The summed E-state index contributed by atoms with van der Waals surface area (Å²) >= 11 is 0. The molecule has 0 saturated carbocycles. The van der Waals surface area contributed by atoms with Crippen molar-refractivity contribution in [3.8, 4) is 6.07 Å². The van der Waals surface area contributed by atoms with Crippen molar-refractivity contribution >= 4 is 11.7 Å². The number of amides is 1. The number of aromatic nitrogens is 2. The van der Waals surface area contributed by atoms with Gasteiger partial charge in [-0.3, -0.25) is 4.79 Å². The van der Waals surface area contributed by atoms with Crippen LogP contribution in [0.2, 0.25) is 0 Å². The third-order valence-corrected chi connectivity index (χ3v) is 4.19. The van der Waals surface area contributed by atoms with E-state index in [0.717, 1.165) is 25.9 Å². The lowest BCUT2D eigenvalue weighted by atomic mass is 9.97. The highest BCUT2D eigenvalue weighted by atomic mass is 16.1. The quantitative estimate of drug-likeness (QED) is 0.931. The first-order chi connectivity index (χ1) is 11.8. The van der Waals surface area contributed by atoms with Crippen molar-refractivity contribution in [2.75, 3.05) is 24.5 Å². The van der Waals surface area contributed by atoms with Crippen molar-refractivity contribution in [3.63, 3.8) is 0 Å². The molecule has 1 aromatic heterocycles. The molecule has 1 fully saturated rings. The number of piperidine rings is 1. The largest absolute Gasteiger partial charge is 0.354 e. The molecular weight excluding hydrogens is 302 g/mol. The van der Waals surface area contributed by atoms with Crippen molar-refractivity contribution in [3.05, 3.63) is 54.0 Å². The van der Waals surface area contributed by atoms with Crippen molar-refractivity contribution < 1.29 is 4.79 Å². The molecule has 6 heteroatoms. The molecule has 0 spiro atoms. The second-order valence-corrected chi connectivity index (χ2v) is 5.87. The highest BCUT2D eigenvalue weighted by Gasteiger charge is 2.23. The number of anilines is 1. The summed E-state index contributed by atoms with van der Waals surface area (Å²) in [4.78, 5) is 22.6. The normalized spacial score (nSPS) is 17.1. The SMILES string of the molecule is N#Cc1nccnc1N1CCCC(CNC(=O)c2ccccc2)C1. The van der Waals surface area contributed by atoms with Crippen LogP contribution in [0.3, 0.4) is 0 Å². The molecular formula is C18H19N5O. The first-order valence-corrected chi connectivity index (χ1v) is 8.07. The molecule has 2 heterocycles. The number of rotatable bonds is 4. The Balaban J connectivity index is 1.60. The zero-order valence-electron chi connectivity index (χ0n) is 13.4. The fourth-order valence-electron chi connectivity index (χ4n) is 2.99. The van der Waals surface area contributed by atoms with Crippen LogP contribution in [0.4, 0.5) is 5.82 Å². The van der Waals surface area contributed by atoms with Gasteiger partial charge in [0, 0.05) is 37.6 Å². The lowest BCUT2D eigenvalue weighted by Crippen LogP contribution is -2.41. The van der Waals surface area contributed by atoms with Gasteiger partial charge in [0.1, 0.15) is 6.07 Å². The van der Waals surface area contributed by atoms with Gasteiger partial charge in [-0.15, -0.1) is 0 Å². The van der Waals surface area contributed by atoms with Gasteiger partial charge in [0.25, 0.3) is 5.91 Å². The van der Waals surface area contributed by atoms with E-state index in [1.807, 2.05) is 18.2 Å². The topological polar surface area (TPSA) is 81.9 Å². The van der Waals surface area contributed by atoms with E-state index in [0.29, 0.717) is 29.5 Å². The number of hydrogen-bond acceptors (Lipinski definition) is 5. The summed E-state index contributed by atoms with van der Waals surface area (Å²) in [5.41, 5.74) is 1.03. The van der Waals surface area contributed by atoms with Gasteiger partial charge in [0.15, 0.2) is 11.5 Å². The molecule has 1 saturated heterocycles. The first-order valence-electron chi connectivity index (χ1n) is 8.07. The lowest BCUT2D eigenvalue weighted by molar-refractivity contribution is 0.0945. The summed E-state index contributed by atoms with van der Waals surface area (Å²) in [5, 5.41) is 12.2. The Morgan fingerprint density at radius 2 is 2.08 bits per heavy atom. The van der Waals surface area contributed by atoms with Gasteiger partial charge in [0.05, 0.1) is 0 Å². The van der Waals surface area contributed by atoms with Crippen molar-refractivity contribution in [2.45, 2.75) is 12.8 Å². The summed E-state index contributed by atoms with van der Waals surface area (Å²) in [6, 6.07) is 11.3. The molecule has 0 bridgehead atoms. The number of benzene rings is 1. The molecule has 1 aromatic carbocycles. The number of nitriles is 1. The highest BCUT2D eigenvalue weighted by molar-refractivity contribution is 5.94. The predicted octanol–water partition coefficient (Wildman–Crippen LogP) is 1.99. The Labute approximate surface area is 141 Å². The zero-order valence-corrected chi connectivity index (χ0v) is 13.4. The Morgan fingerprint density at radius 1 is 1.29 bits per heavy atom. The van der Waals surface area contributed by atoms with E-state index in [4.69, 9.17) is 0 Å². The average Bonchev–Trinajstić information content (AvgIpc) is 2.67. The van der Waals surface area contributed by atoms with E-state index >= 15 is 0 Å². The summed E-state index contributed by atoms with van der Waals surface area (Å²) in [5.74, 6) is 0.920. The fourth-order valence-corrected chi connectivity index (χ4v) is 2.99. The van der Waals surface area contributed by atoms with E-state index in [2.05, 4.69) is 26.3 Å². The molecule has 3 rings (SSSR count). The van der Waals surface area contributed by atoms with Crippen LogP contribution in [-0.2, 0) is 0 Å². The van der Waals surface area contributed by atoms with E-state index in [9.17, 15) is 10.1 Å². The van der Waals surface area contributed by atoms with Crippen molar-refractivity contribution in [1.82, 2.24) is 15.3 Å². The molecule has 1 aliphatic rings. The zero-order chi connectivity index (χ0) is 16.8. The Hall–Kier alpha value is -2.94. The standard InChI is InChI=1S/C18H19N5O/c19-11-16-17(21-9-8-20-16)23-10-4-5-14(13-23)12-22-18(24)15-6-2-1-3-7-15/h1-3,6-9,14H,4-5,10,12-13H2,(H,22,24). The maximum absolute atomic E-state index is 12.1. The average molecular weight is 321 g/mol. The van der Waals surface area contributed by atoms with Crippen LogP contribution in [-0.4, -0.2) is 35.5 Å². The van der Waals surface area contributed by atoms with Crippen LogP contribution in [0.1, 0.15) is 28.9 Å². The maximum atomic E-state index is 12.1. The second-order valence-electron chi connectivity index (χ2n) is 5.87. The van der Waals surface area contributed by atoms with Gasteiger partial charge in [-0.1, -0.05) is 18.2 Å². The maximum Gasteiger partial charge on any atom is 0.251 e. The highest BCUT2D eigenvalue weighted by Crippen LogP contribution is 2.22. The first kappa shape index (κ1) is 15.9. The van der Waals surface area contributed by atoms with E-state index < -0.39 is 0 Å². The van der Waals surface area contributed by atoms with Crippen LogP contribution in [0, 0.1) is 17.2 Å². The van der Waals surface area contributed by atoms with Gasteiger partial charge in [-0.25, -0.2) is 9.97 Å². The number of nitrogens with one attached hydrogen (secondary N) is 1. The number of carbonyl (C=O) groups is 1. The Bertz CT molecular complexity index is 741. The molecule has 1 atom stereocenters. The smallest absolute Gasteiger partial charge is 0.251 e. The van der Waals surface area contributed by atoms with Crippen molar-refractivity contribution in [1.29, 1.82) is 5.26 Å². The minimum absolute atomic E-state index is 0.0510. The van der Waals surface area contributed by atoms with Gasteiger partial charge < -0.3 is 10.2 Å². The number of hydrogen-bond donors (Lipinski definition) is 1. The third-order valence-electron chi connectivity index (χ3n) is 4.19. The molecule has 1 N–H and O–H groups in total. The van der Waals surface area contributed by atoms with Gasteiger partial charge in [-0.2, -0.15) is 5.26 Å². The summed E-state index contributed by atoms with van der Waals surface area (Å²) < 4.78 is 0. The molecule has 1 unspecified atom stereocenters. The summed E-state index contributed by atoms with van der Waals surface area (Å²) in [7, 11) is 0. The number of nitrogens with zero attached hydrogens (tertiary/aromatic N) is 4. The minimum atomic E-state index is -0.0510. The molecule has 1 aliphatic heterocycles. The molecule has 2 aromatic rings. The van der Waals surface area contributed by atoms with Crippen molar-refractivity contribution in [2.24, 2.45) is 5.92 Å². The van der Waals surface area contributed by atoms with Crippen LogP contribution in [0.5, 0.6) is 0 Å². The van der Waals surface area contributed by atoms with Crippen LogP contribution >= 0.6 is 0 Å². The monoisotopic (exact) mass is 321 g/mol. The van der Waals surface area contributed by atoms with E-state index in [1.165, 1.54) is 6.20 Å². The molecule has 0 radical (unpaired) electrons. The third kappa shape index (κ3) is 3.69. The number of carbonyl (C=O) groups excluding carboxylic acids is 1. The lowest BCUT2D eigenvalue weighted by Gasteiger charge is -2.33. The van der Waals surface area contributed by atoms with Crippen LogP contribution in [0.15, 0.2) is 42.7 Å². The minimum Gasteiger partial charge on any atom is -0.354 e. The van der Waals surface area contributed by atoms with Gasteiger partial charge in [-0.05, 0) is 30.9 Å². The molecule has 6 nitrogen and oxygen atoms in total. The Morgan fingerprint density at radius 3 is 2.88 bits per heavy atom. The molecule has 122 valence electrons. The molecule has 0 aliphatic carbocycles. The van der Waals surface area contributed by atoms with Crippen LogP contribution in [0.25, 0.3) is 0 Å². The fraction of sp³-hybridized carbons (Fsp3) is 0.333. The summed E-state index contributed by atoms with van der Waals surface area (Å²) in [6.07, 6.45) is 5.20. The van der Waals surface area contributed by atoms with E-state index in [-0.39, 0.29) is 5.91 Å². The second kappa shape index (κ2) is 7.55. The summed E-state index contributed by atoms with van der Waals surface area (Å²) in [6.45, 7) is 2.24.